The Morgan fingerprint density at radius 3 is 2.85 bits per heavy atom. The van der Waals surface area contributed by atoms with Gasteiger partial charge in [0.1, 0.15) is 29.7 Å². The van der Waals surface area contributed by atoms with E-state index in [0.717, 1.165) is 12.1 Å². The van der Waals surface area contributed by atoms with Gasteiger partial charge in [0.05, 0.1) is 29.1 Å². The molecule has 33 heavy (non-hydrogen) atoms. The van der Waals surface area contributed by atoms with E-state index in [-0.39, 0.29) is 24.6 Å². The van der Waals surface area contributed by atoms with E-state index in [2.05, 4.69) is 14.8 Å². The molecule has 11 heteroatoms. The van der Waals surface area contributed by atoms with Gasteiger partial charge in [0.2, 0.25) is 0 Å². The normalized spacial score (nSPS) is 15.3. The van der Waals surface area contributed by atoms with Crippen LogP contribution in [0.5, 0.6) is 5.75 Å². The molecule has 0 unspecified atom stereocenters. The van der Waals surface area contributed by atoms with Crippen LogP contribution in [0.25, 0.3) is 21.4 Å². The molecule has 8 nitrogen and oxygen atoms in total. The average molecular weight is 452 g/mol. The van der Waals surface area contributed by atoms with Gasteiger partial charge in [-0.2, -0.15) is 13.2 Å². The van der Waals surface area contributed by atoms with E-state index in [9.17, 15) is 18.0 Å². The van der Waals surface area contributed by atoms with E-state index in [1.807, 2.05) is 0 Å². The Bertz CT molecular complexity index is 1460. The first-order chi connectivity index (χ1) is 15.8. The first kappa shape index (κ1) is 20.6. The Labute approximate surface area is 184 Å². The highest BCUT2D eigenvalue weighted by Crippen LogP contribution is 2.41. The fourth-order valence-electron chi connectivity index (χ4n) is 3.98. The second kappa shape index (κ2) is 7.37. The number of rotatable bonds is 3. The van der Waals surface area contributed by atoms with Crippen LogP contribution in [-0.2, 0) is 6.18 Å². The van der Waals surface area contributed by atoms with Gasteiger partial charge in [-0.1, -0.05) is 6.07 Å². The largest absolute Gasteiger partial charge is 0.491 e. The molecule has 0 saturated carbocycles. The van der Waals surface area contributed by atoms with Crippen molar-refractivity contribution < 1.29 is 22.7 Å². The summed E-state index contributed by atoms with van der Waals surface area (Å²) < 4.78 is 46.3. The Kier molecular flexibility index (Phi) is 4.59. The number of nitrogens with two attached hydrogens (primary N) is 1. The van der Waals surface area contributed by atoms with Crippen molar-refractivity contribution in [3.63, 3.8) is 0 Å². The second-order valence-electron chi connectivity index (χ2n) is 7.50. The molecule has 166 valence electrons. The second-order valence-corrected chi connectivity index (χ2v) is 7.50. The number of amides is 1. The average Bonchev–Trinajstić information content (AvgIpc) is 3.44. The Morgan fingerprint density at radius 1 is 1.27 bits per heavy atom. The molecule has 0 fully saturated rings. The number of imidazole rings is 1. The number of ether oxygens (including phenoxy) is 1. The summed E-state index contributed by atoms with van der Waals surface area (Å²) in [6.45, 7) is 6.97. The molecule has 0 bridgehead atoms. The molecule has 4 aromatic rings. The van der Waals surface area contributed by atoms with E-state index >= 15 is 0 Å². The van der Waals surface area contributed by atoms with Crippen LogP contribution in [0.3, 0.4) is 0 Å². The highest BCUT2D eigenvalue weighted by molar-refractivity contribution is 5.98. The van der Waals surface area contributed by atoms with Gasteiger partial charge < -0.3 is 10.5 Å². The molecule has 2 N–H and O–H groups in total. The Hall–Kier alpha value is -4.33. The molecule has 0 spiro atoms. The van der Waals surface area contributed by atoms with E-state index in [4.69, 9.17) is 17.0 Å². The summed E-state index contributed by atoms with van der Waals surface area (Å²) in [4.78, 5) is 26.5. The molecule has 3 heterocycles. The van der Waals surface area contributed by atoms with Crippen molar-refractivity contribution in [1.29, 1.82) is 0 Å². The number of nitrogen functional groups attached to an aromatic ring is 1. The van der Waals surface area contributed by atoms with Crippen molar-refractivity contribution in [1.82, 2.24) is 19.3 Å². The summed E-state index contributed by atoms with van der Waals surface area (Å²) in [7, 11) is 0. The smallest absolute Gasteiger partial charge is 0.416 e. The van der Waals surface area contributed by atoms with Crippen LogP contribution in [0.1, 0.15) is 27.5 Å². The molecular weight excluding hydrogens is 437 g/mol. The Balaban J connectivity index is 1.54. The minimum absolute atomic E-state index is 0.0463. The highest BCUT2D eigenvalue weighted by Gasteiger charge is 2.38. The van der Waals surface area contributed by atoms with Crippen LogP contribution in [-0.4, -0.2) is 38.5 Å². The molecule has 1 aliphatic rings. The number of carbonyl (C=O) groups is 1. The number of halogens is 3. The molecule has 1 atom stereocenters. The lowest BCUT2D eigenvalue weighted by Gasteiger charge is -2.23. The van der Waals surface area contributed by atoms with Crippen LogP contribution >= 0.6 is 0 Å². The standard InChI is InChI=1S/C22H15F3N6O2/c1-27-10-31(18-9-33-19-7-13(22(23,24)25)3-4-14(18)19)21(32)12-2-5-15-16(6-12)30-11-28-8-17(30)20(26)29-15/h2-8,11,18H,9-10H2,(H2,26,29)/t18-/m1/s1. The number of anilines is 1. The first-order valence-electron chi connectivity index (χ1n) is 9.77. The maximum absolute atomic E-state index is 13.4. The van der Waals surface area contributed by atoms with Crippen LogP contribution < -0.4 is 10.5 Å². The van der Waals surface area contributed by atoms with Crippen LogP contribution in [0.15, 0.2) is 48.9 Å². The summed E-state index contributed by atoms with van der Waals surface area (Å²) in [5.41, 5.74) is 7.57. The third-order valence-corrected chi connectivity index (χ3v) is 5.58. The van der Waals surface area contributed by atoms with Crippen molar-refractivity contribution in [2.45, 2.75) is 12.2 Å². The van der Waals surface area contributed by atoms with Gasteiger partial charge in [-0.15, -0.1) is 0 Å². The number of aromatic nitrogens is 3. The zero-order valence-electron chi connectivity index (χ0n) is 16.9. The van der Waals surface area contributed by atoms with Gasteiger partial charge in [0.25, 0.3) is 12.6 Å². The number of benzene rings is 2. The summed E-state index contributed by atoms with van der Waals surface area (Å²) in [5, 5.41) is 0. The van der Waals surface area contributed by atoms with Crippen molar-refractivity contribution in [2.24, 2.45) is 0 Å². The molecule has 0 radical (unpaired) electrons. The maximum atomic E-state index is 13.4. The molecule has 1 amide bonds. The topological polar surface area (TPSA) is 90.1 Å². The van der Waals surface area contributed by atoms with Gasteiger partial charge in [0, 0.05) is 11.1 Å². The SMILES string of the molecule is [C-]#[N+]CN(C(=O)c1ccc2nc(N)c3cncn3c2c1)[C@@H]1COc2cc(C(F)(F)F)ccc21. The van der Waals surface area contributed by atoms with E-state index in [1.165, 1.54) is 11.0 Å². The number of carbonyl (C=O) groups excluding carboxylic acids is 1. The summed E-state index contributed by atoms with van der Waals surface area (Å²) in [6.07, 6.45) is -1.40. The molecule has 0 saturated heterocycles. The number of hydrogen-bond acceptors (Lipinski definition) is 5. The van der Waals surface area contributed by atoms with Crippen LogP contribution in [0.2, 0.25) is 0 Å². The van der Waals surface area contributed by atoms with E-state index in [1.54, 1.807) is 35.1 Å². The van der Waals surface area contributed by atoms with Crippen molar-refractivity contribution in [3.05, 3.63) is 77.0 Å². The molecule has 2 aromatic carbocycles. The fraction of sp³-hybridized carbons (Fsp3) is 0.182. The predicted molar refractivity (Wildman–Crippen MR) is 112 cm³/mol. The van der Waals surface area contributed by atoms with E-state index in [0.29, 0.717) is 27.9 Å². The number of hydrogen-bond donors (Lipinski definition) is 1. The summed E-state index contributed by atoms with van der Waals surface area (Å²) >= 11 is 0. The van der Waals surface area contributed by atoms with Crippen LogP contribution in [0, 0.1) is 6.57 Å². The van der Waals surface area contributed by atoms with Gasteiger partial charge in [-0.05, 0) is 30.3 Å². The number of nitrogens with zero attached hydrogens (tertiary/aromatic N) is 5. The van der Waals surface area contributed by atoms with Crippen molar-refractivity contribution in [2.75, 3.05) is 19.0 Å². The van der Waals surface area contributed by atoms with Crippen molar-refractivity contribution in [3.8, 4) is 5.75 Å². The zero-order valence-corrected chi connectivity index (χ0v) is 16.9. The zero-order chi connectivity index (χ0) is 23.3. The van der Waals surface area contributed by atoms with E-state index < -0.39 is 23.7 Å². The minimum Gasteiger partial charge on any atom is -0.491 e. The fourth-order valence-corrected chi connectivity index (χ4v) is 3.98. The third kappa shape index (κ3) is 3.36. The lowest BCUT2D eigenvalue weighted by Crippen LogP contribution is -2.35. The molecule has 2 aromatic heterocycles. The molecule has 0 aliphatic carbocycles. The Morgan fingerprint density at radius 2 is 2.09 bits per heavy atom. The monoisotopic (exact) mass is 452 g/mol. The van der Waals surface area contributed by atoms with Crippen LogP contribution in [0.4, 0.5) is 19.0 Å². The summed E-state index contributed by atoms with van der Waals surface area (Å²) in [6, 6.07) is 7.29. The predicted octanol–water partition coefficient (Wildman–Crippen LogP) is 3.94. The quantitative estimate of drug-likeness (QED) is 0.476. The molecular formula is C22H15F3N6O2. The maximum Gasteiger partial charge on any atom is 0.416 e. The van der Waals surface area contributed by atoms with Gasteiger partial charge >= 0.3 is 6.18 Å². The lowest BCUT2D eigenvalue weighted by molar-refractivity contribution is -0.137. The number of alkyl halides is 3. The number of fused-ring (bicyclic) bond motifs is 4. The van der Waals surface area contributed by atoms with Gasteiger partial charge in [0.15, 0.2) is 0 Å². The van der Waals surface area contributed by atoms with Gasteiger partial charge in [-0.3, -0.25) is 18.9 Å². The lowest BCUT2D eigenvalue weighted by atomic mass is 10.0. The third-order valence-electron chi connectivity index (χ3n) is 5.58. The molecule has 5 rings (SSSR count). The summed E-state index contributed by atoms with van der Waals surface area (Å²) in [5.74, 6) is -0.109. The molecule has 1 aliphatic heterocycles. The van der Waals surface area contributed by atoms with Gasteiger partial charge in [-0.25, -0.2) is 16.5 Å². The first-order valence-corrected chi connectivity index (χ1v) is 9.77. The van der Waals surface area contributed by atoms with Crippen molar-refractivity contribution >= 4 is 28.3 Å². The highest BCUT2D eigenvalue weighted by atomic mass is 19.4. The minimum atomic E-state index is -4.51.